The van der Waals surface area contributed by atoms with Crippen LogP contribution >= 0.6 is 0 Å². The van der Waals surface area contributed by atoms with E-state index in [2.05, 4.69) is 0 Å². The molecule has 1 aromatic carbocycles. The van der Waals surface area contributed by atoms with Crippen LogP contribution < -0.4 is 4.74 Å². The third-order valence-corrected chi connectivity index (χ3v) is 3.31. The maximum Gasteiger partial charge on any atom is 0.125 e. The van der Waals surface area contributed by atoms with Gasteiger partial charge in [0.15, 0.2) is 0 Å². The van der Waals surface area contributed by atoms with Crippen molar-refractivity contribution < 1.29 is 14.6 Å². The fourth-order valence-corrected chi connectivity index (χ4v) is 2.25. The summed E-state index contributed by atoms with van der Waals surface area (Å²) in [6.07, 6.45) is 3.12. The summed E-state index contributed by atoms with van der Waals surface area (Å²) in [6.45, 7) is 5.19. The largest absolute Gasteiger partial charge is 0.490 e. The Morgan fingerprint density at radius 2 is 2.28 bits per heavy atom. The van der Waals surface area contributed by atoms with E-state index in [0.717, 1.165) is 36.3 Å². The average molecular weight is 250 g/mol. The lowest BCUT2D eigenvalue weighted by atomic mass is 10.1. The molecule has 0 radical (unpaired) electrons. The molecule has 1 N–H and O–H groups in total. The minimum Gasteiger partial charge on any atom is -0.490 e. The number of aliphatic hydroxyl groups excluding tert-OH is 1. The Morgan fingerprint density at radius 3 is 2.94 bits per heavy atom. The summed E-state index contributed by atoms with van der Waals surface area (Å²) >= 11 is 0. The molecular formula is C15H22O3. The van der Waals surface area contributed by atoms with E-state index in [1.807, 2.05) is 25.1 Å². The van der Waals surface area contributed by atoms with Crippen molar-refractivity contribution in [3.63, 3.8) is 0 Å². The summed E-state index contributed by atoms with van der Waals surface area (Å²) in [6, 6.07) is 5.91. The zero-order valence-electron chi connectivity index (χ0n) is 11.2. The number of benzene rings is 1. The summed E-state index contributed by atoms with van der Waals surface area (Å²) in [5, 5.41) is 9.75. The van der Waals surface area contributed by atoms with Crippen molar-refractivity contribution in [2.24, 2.45) is 0 Å². The lowest BCUT2D eigenvalue weighted by molar-refractivity contribution is -0.0116. The number of hydrogen-bond acceptors (Lipinski definition) is 3. The third kappa shape index (κ3) is 3.47. The van der Waals surface area contributed by atoms with Crippen LogP contribution in [0.5, 0.6) is 5.75 Å². The summed E-state index contributed by atoms with van der Waals surface area (Å²) in [7, 11) is 0. The van der Waals surface area contributed by atoms with Gasteiger partial charge in [0.25, 0.3) is 0 Å². The Labute approximate surface area is 109 Å². The molecule has 0 bridgehead atoms. The van der Waals surface area contributed by atoms with Crippen LogP contribution in [0.15, 0.2) is 18.2 Å². The Balaban J connectivity index is 1.99. The van der Waals surface area contributed by atoms with Gasteiger partial charge in [-0.2, -0.15) is 0 Å². The summed E-state index contributed by atoms with van der Waals surface area (Å²) in [5.41, 5.74) is 1.98. The molecule has 0 aliphatic carbocycles. The van der Waals surface area contributed by atoms with Gasteiger partial charge in [0.05, 0.1) is 12.2 Å². The first-order valence-corrected chi connectivity index (χ1v) is 6.70. The molecule has 1 fully saturated rings. The predicted octanol–water partition coefficient (Wildman–Crippen LogP) is 3.00. The molecule has 0 aromatic heterocycles. The zero-order valence-corrected chi connectivity index (χ0v) is 11.2. The standard InChI is InChI=1S/C15H22O3/c1-11-6-7-15(14(9-11)12(2)16)18-10-13-5-3-4-8-17-13/h6-7,9,12-13,16H,3-5,8,10H2,1-2H3. The second-order valence-electron chi connectivity index (χ2n) is 5.02. The quantitative estimate of drug-likeness (QED) is 0.892. The fourth-order valence-electron chi connectivity index (χ4n) is 2.25. The van der Waals surface area contributed by atoms with E-state index in [9.17, 15) is 5.11 Å². The average Bonchev–Trinajstić information content (AvgIpc) is 2.38. The lowest BCUT2D eigenvalue weighted by Gasteiger charge is -2.23. The Hall–Kier alpha value is -1.06. The first kappa shape index (κ1) is 13.4. The van der Waals surface area contributed by atoms with E-state index >= 15 is 0 Å². The van der Waals surface area contributed by atoms with Gasteiger partial charge in [-0.05, 0) is 45.2 Å². The van der Waals surface area contributed by atoms with E-state index in [-0.39, 0.29) is 6.10 Å². The van der Waals surface area contributed by atoms with Gasteiger partial charge >= 0.3 is 0 Å². The predicted molar refractivity (Wildman–Crippen MR) is 70.9 cm³/mol. The van der Waals surface area contributed by atoms with Crippen LogP contribution in [0.2, 0.25) is 0 Å². The monoisotopic (exact) mass is 250 g/mol. The van der Waals surface area contributed by atoms with Crippen LogP contribution in [0, 0.1) is 6.92 Å². The Bertz CT molecular complexity index is 381. The van der Waals surface area contributed by atoms with E-state index in [1.165, 1.54) is 6.42 Å². The van der Waals surface area contributed by atoms with Gasteiger partial charge in [-0.15, -0.1) is 0 Å². The smallest absolute Gasteiger partial charge is 0.125 e. The van der Waals surface area contributed by atoms with Crippen LogP contribution in [0.25, 0.3) is 0 Å². The Kier molecular flexibility index (Phi) is 4.61. The zero-order chi connectivity index (χ0) is 13.0. The van der Waals surface area contributed by atoms with Crippen molar-refractivity contribution in [3.05, 3.63) is 29.3 Å². The van der Waals surface area contributed by atoms with E-state index in [1.54, 1.807) is 6.92 Å². The van der Waals surface area contributed by atoms with E-state index in [4.69, 9.17) is 9.47 Å². The minimum absolute atomic E-state index is 0.196. The second kappa shape index (κ2) is 6.21. The minimum atomic E-state index is -0.507. The molecule has 2 atom stereocenters. The fraction of sp³-hybridized carbons (Fsp3) is 0.600. The lowest BCUT2D eigenvalue weighted by Crippen LogP contribution is -2.26. The van der Waals surface area contributed by atoms with Crippen molar-refractivity contribution in [2.75, 3.05) is 13.2 Å². The van der Waals surface area contributed by atoms with Gasteiger partial charge in [-0.25, -0.2) is 0 Å². The first-order valence-electron chi connectivity index (χ1n) is 6.70. The maximum absolute atomic E-state index is 9.75. The topological polar surface area (TPSA) is 38.7 Å². The molecule has 1 aliphatic heterocycles. The highest BCUT2D eigenvalue weighted by atomic mass is 16.5. The molecule has 0 amide bonds. The van der Waals surface area contributed by atoms with Crippen LogP contribution in [0.3, 0.4) is 0 Å². The molecular weight excluding hydrogens is 228 g/mol. The first-order chi connectivity index (χ1) is 8.66. The molecule has 1 heterocycles. The van der Waals surface area contributed by atoms with Crippen LogP contribution in [-0.4, -0.2) is 24.4 Å². The van der Waals surface area contributed by atoms with Gasteiger partial charge in [0.1, 0.15) is 12.4 Å². The number of ether oxygens (including phenoxy) is 2. The molecule has 0 saturated carbocycles. The van der Waals surface area contributed by atoms with Crippen LogP contribution in [0.1, 0.15) is 43.4 Å². The van der Waals surface area contributed by atoms with Gasteiger partial charge < -0.3 is 14.6 Å². The normalized spacial score (nSPS) is 21.6. The number of rotatable bonds is 4. The number of hydrogen-bond donors (Lipinski definition) is 1. The maximum atomic E-state index is 9.75. The van der Waals surface area contributed by atoms with Crippen molar-refractivity contribution in [1.82, 2.24) is 0 Å². The molecule has 1 aliphatic rings. The van der Waals surface area contributed by atoms with Gasteiger partial charge in [0, 0.05) is 12.2 Å². The molecule has 3 nitrogen and oxygen atoms in total. The van der Waals surface area contributed by atoms with Gasteiger partial charge in [-0.3, -0.25) is 0 Å². The van der Waals surface area contributed by atoms with Crippen molar-refractivity contribution in [1.29, 1.82) is 0 Å². The van der Waals surface area contributed by atoms with Gasteiger partial charge in [0.2, 0.25) is 0 Å². The Morgan fingerprint density at radius 1 is 1.44 bits per heavy atom. The van der Waals surface area contributed by atoms with Gasteiger partial charge in [-0.1, -0.05) is 11.6 Å². The van der Waals surface area contributed by atoms with Crippen molar-refractivity contribution in [2.45, 2.75) is 45.3 Å². The molecule has 2 unspecified atom stereocenters. The third-order valence-electron chi connectivity index (χ3n) is 3.31. The SMILES string of the molecule is Cc1ccc(OCC2CCCCO2)c(C(C)O)c1. The highest BCUT2D eigenvalue weighted by Gasteiger charge is 2.16. The van der Waals surface area contributed by atoms with Crippen LogP contribution in [0.4, 0.5) is 0 Å². The van der Waals surface area contributed by atoms with E-state index < -0.39 is 6.10 Å². The molecule has 0 spiro atoms. The second-order valence-corrected chi connectivity index (χ2v) is 5.02. The molecule has 1 aromatic rings. The molecule has 3 heteroatoms. The summed E-state index contributed by atoms with van der Waals surface area (Å²) < 4.78 is 11.4. The summed E-state index contributed by atoms with van der Waals surface area (Å²) in [5.74, 6) is 0.768. The highest BCUT2D eigenvalue weighted by molar-refractivity contribution is 5.38. The highest BCUT2D eigenvalue weighted by Crippen LogP contribution is 2.27. The van der Waals surface area contributed by atoms with Crippen molar-refractivity contribution >= 4 is 0 Å². The van der Waals surface area contributed by atoms with Crippen LogP contribution in [-0.2, 0) is 4.74 Å². The number of aliphatic hydroxyl groups is 1. The summed E-state index contributed by atoms with van der Waals surface area (Å²) in [4.78, 5) is 0. The molecule has 1 saturated heterocycles. The molecule has 100 valence electrons. The van der Waals surface area contributed by atoms with E-state index in [0.29, 0.717) is 6.61 Å². The molecule has 18 heavy (non-hydrogen) atoms. The van der Waals surface area contributed by atoms with Crippen molar-refractivity contribution in [3.8, 4) is 5.75 Å². The molecule has 2 rings (SSSR count). The number of aryl methyl sites for hydroxylation is 1.